The van der Waals surface area contributed by atoms with Crippen molar-refractivity contribution in [2.45, 2.75) is 19.0 Å². The van der Waals surface area contributed by atoms with Crippen molar-refractivity contribution >= 4 is 45.3 Å². The zero-order valence-electron chi connectivity index (χ0n) is 19.7. The lowest BCUT2D eigenvalue weighted by Crippen LogP contribution is -2.44. The number of anilines is 1. The molecular formula is C29H23BrN2O4. The molecule has 3 aliphatic heterocycles. The summed E-state index contributed by atoms with van der Waals surface area (Å²) < 4.78 is 5.97. The summed E-state index contributed by atoms with van der Waals surface area (Å²) in [5.41, 5.74) is 3.97. The molecule has 2 saturated heterocycles. The first-order valence-corrected chi connectivity index (χ1v) is 12.6. The molecule has 0 N–H and O–H groups in total. The molecule has 4 atom stereocenters. The van der Waals surface area contributed by atoms with Gasteiger partial charge < -0.3 is 9.64 Å². The number of ether oxygens (including phenoxy) is 1. The Labute approximate surface area is 217 Å². The third-order valence-corrected chi connectivity index (χ3v) is 8.08. The number of halogens is 1. The van der Waals surface area contributed by atoms with Gasteiger partial charge in [-0.1, -0.05) is 42.0 Å². The van der Waals surface area contributed by atoms with Crippen LogP contribution in [0.4, 0.5) is 5.69 Å². The molecule has 6 rings (SSSR count). The van der Waals surface area contributed by atoms with Crippen LogP contribution in [0.5, 0.6) is 5.75 Å². The summed E-state index contributed by atoms with van der Waals surface area (Å²) in [6.07, 6.45) is 3.81. The van der Waals surface area contributed by atoms with Gasteiger partial charge in [0.05, 0.1) is 35.1 Å². The molecule has 7 heteroatoms. The molecule has 0 radical (unpaired) electrons. The van der Waals surface area contributed by atoms with Crippen molar-refractivity contribution in [1.29, 1.82) is 0 Å². The molecule has 3 aliphatic rings. The number of imide groups is 1. The molecular weight excluding hydrogens is 520 g/mol. The Morgan fingerprint density at radius 1 is 0.944 bits per heavy atom. The molecule has 2 amide bonds. The highest BCUT2D eigenvalue weighted by Gasteiger charge is 2.64. The summed E-state index contributed by atoms with van der Waals surface area (Å²) >= 11 is 3.46. The second-order valence-electron chi connectivity index (χ2n) is 9.39. The molecule has 3 heterocycles. The number of benzene rings is 3. The molecule has 0 aliphatic carbocycles. The first kappa shape index (κ1) is 22.7. The normalized spacial score (nSPS) is 24.0. The van der Waals surface area contributed by atoms with Crippen molar-refractivity contribution in [3.63, 3.8) is 0 Å². The van der Waals surface area contributed by atoms with Gasteiger partial charge in [-0.3, -0.25) is 14.4 Å². The largest absolute Gasteiger partial charge is 0.496 e. The molecule has 4 unspecified atom stereocenters. The smallest absolute Gasteiger partial charge is 0.240 e. The maximum absolute atomic E-state index is 14.0. The minimum atomic E-state index is -0.809. The highest BCUT2D eigenvalue weighted by Crippen LogP contribution is 2.53. The number of methoxy groups -OCH3 is 1. The van der Waals surface area contributed by atoms with Crippen LogP contribution in [0.15, 0.2) is 77.4 Å². The van der Waals surface area contributed by atoms with Gasteiger partial charge in [-0.05, 0) is 70.4 Å². The molecule has 180 valence electrons. The number of aryl methyl sites for hydroxylation is 1. The van der Waals surface area contributed by atoms with E-state index in [2.05, 4.69) is 15.9 Å². The summed E-state index contributed by atoms with van der Waals surface area (Å²) in [6.45, 7) is 1.96. The third kappa shape index (κ3) is 3.26. The van der Waals surface area contributed by atoms with E-state index in [0.29, 0.717) is 21.5 Å². The average molecular weight is 543 g/mol. The lowest BCUT2D eigenvalue weighted by atomic mass is 9.83. The number of hydrogen-bond donors (Lipinski definition) is 0. The zero-order chi connectivity index (χ0) is 25.1. The number of carbonyl (C=O) groups is 3. The fourth-order valence-electron chi connectivity index (χ4n) is 5.80. The van der Waals surface area contributed by atoms with Gasteiger partial charge in [-0.2, -0.15) is 0 Å². The van der Waals surface area contributed by atoms with E-state index in [0.717, 1.165) is 16.7 Å². The monoisotopic (exact) mass is 542 g/mol. The Balaban J connectivity index is 1.48. The predicted octanol–water partition coefficient (Wildman–Crippen LogP) is 5.16. The average Bonchev–Trinajstić information content (AvgIpc) is 3.36. The Hall–Kier alpha value is -3.71. The lowest BCUT2D eigenvalue weighted by molar-refractivity contribution is -0.123. The first-order chi connectivity index (χ1) is 17.4. The van der Waals surface area contributed by atoms with Gasteiger partial charge in [0, 0.05) is 11.8 Å². The summed E-state index contributed by atoms with van der Waals surface area (Å²) in [5, 5.41) is 0. The number of ketones is 1. The SMILES string of the molecule is COc1ccc(C(=O)C2C3C(=O)N(c4ccc(C)cc4)C(=O)C3C3c4ccccc4C=CN23)cc1Br. The molecule has 3 aromatic rings. The van der Waals surface area contributed by atoms with Crippen molar-refractivity contribution in [3.05, 3.63) is 99.7 Å². The molecule has 0 bridgehead atoms. The van der Waals surface area contributed by atoms with E-state index in [1.54, 1.807) is 37.4 Å². The second kappa shape index (κ2) is 8.45. The molecule has 3 aromatic carbocycles. The fraction of sp³-hybridized carbons (Fsp3) is 0.207. The number of fused-ring (bicyclic) bond motifs is 5. The summed E-state index contributed by atoms with van der Waals surface area (Å²) in [7, 11) is 1.56. The van der Waals surface area contributed by atoms with Crippen LogP contribution in [0, 0.1) is 18.8 Å². The molecule has 2 fully saturated rings. The lowest BCUT2D eigenvalue weighted by Gasteiger charge is -2.35. The van der Waals surface area contributed by atoms with Crippen molar-refractivity contribution in [2.75, 3.05) is 12.0 Å². The van der Waals surface area contributed by atoms with Crippen molar-refractivity contribution < 1.29 is 19.1 Å². The van der Waals surface area contributed by atoms with Crippen LogP contribution in [0.3, 0.4) is 0 Å². The molecule has 6 nitrogen and oxygen atoms in total. The van der Waals surface area contributed by atoms with Gasteiger partial charge >= 0.3 is 0 Å². The quantitative estimate of drug-likeness (QED) is 0.336. The zero-order valence-corrected chi connectivity index (χ0v) is 21.3. The van der Waals surface area contributed by atoms with E-state index in [-0.39, 0.29) is 17.6 Å². The number of Topliss-reactive ketones (excluding diaryl/α,β-unsaturated/α-hetero) is 1. The number of rotatable bonds is 4. The Bertz CT molecular complexity index is 1450. The number of nitrogens with zero attached hydrogens (tertiary/aromatic N) is 2. The van der Waals surface area contributed by atoms with E-state index in [9.17, 15) is 14.4 Å². The van der Waals surface area contributed by atoms with Crippen LogP contribution in [0.25, 0.3) is 6.08 Å². The minimum Gasteiger partial charge on any atom is -0.496 e. The van der Waals surface area contributed by atoms with Gasteiger partial charge in [0.1, 0.15) is 11.8 Å². The number of amides is 2. The molecule has 36 heavy (non-hydrogen) atoms. The van der Waals surface area contributed by atoms with Crippen molar-refractivity contribution in [1.82, 2.24) is 4.90 Å². The van der Waals surface area contributed by atoms with Gasteiger partial charge in [0.25, 0.3) is 0 Å². The van der Waals surface area contributed by atoms with E-state index < -0.39 is 23.9 Å². The molecule has 0 saturated carbocycles. The van der Waals surface area contributed by atoms with Crippen LogP contribution in [0.2, 0.25) is 0 Å². The van der Waals surface area contributed by atoms with E-state index >= 15 is 0 Å². The maximum Gasteiger partial charge on any atom is 0.240 e. The molecule has 0 spiro atoms. The van der Waals surface area contributed by atoms with Crippen LogP contribution in [0.1, 0.15) is 33.1 Å². The Morgan fingerprint density at radius 2 is 1.67 bits per heavy atom. The summed E-state index contributed by atoms with van der Waals surface area (Å²) in [6, 6.07) is 19.1. The van der Waals surface area contributed by atoms with Gasteiger partial charge in [0.2, 0.25) is 11.8 Å². The maximum atomic E-state index is 14.0. The standard InChI is InChI=1S/C29H23BrN2O4/c1-16-7-10-19(11-8-16)32-28(34)23-24(29(32)35)26(27(33)18-9-12-22(36-2)21(30)15-18)31-14-13-17-5-3-4-6-20(17)25(23)31/h3-15,23-26H,1-2H3. The fourth-order valence-corrected chi connectivity index (χ4v) is 6.34. The van der Waals surface area contributed by atoms with Crippen molar-refractivity contribution in [3.8, 4) is 5.75 Å². The van der Waals surface area contributed by atoms with E-state index in [1.165, 1.54) is 4.90 Å². The van der Waals surface area contributed by atoms with E-state index in [1.807, 2.05) is 60.5 Å². The second-order valence-corrected chi connectivity index (χ2v) is 10.2. The van der Waals surface area contributed by atoms with E-state index in [4.69, 9.17) is 4.74 Å². The van der Waals surface area contributed by atoms with Crippen LogP contribution >= 0.6 is 15.9 Å². The summed E-state index contributed by atoms with van der Waals surface area (Å²) in [5.74, 6) is -1.65. The van der Waals surface area contributed by atoms with Crippen LogP contribution in [-0.2, 0) is 9.59 Å². The highest BCUT2D eigenvalue weighted by molar-refractivity contribution is 9.10. The van der Waals surface area contributed by atoms with Gasteiger partial charge in [-0.25, -0.2) is 4.90 Å². The van der Waals surface area contributed by atoms with Gasteiger partial charge in [-0.15, -0.1) is 0 Å². The topological polar surface area (TPSA) is 66.9 Å². The number of hydrogen-bond acceptors (Lipinski definition) is 5. The minimum absolute atomic E-state index is 0.202. The predicted molar refractivity (Wildman–Crippen MR) is 140 cm³/mol. The molecule has 0 aromatic heterocycles. The Morgan fingerprint density at radius 3 is 2.39 bits per heavy atom. The third-order valence-electron chi connectivity index (χ3n) is 7.46. The first-order valence-electron chi connectivity index (χ1n) is 11.8. The van der Waals surface area contributed by atoms with Crippen molar-refractivity contribution in [2.24, 2.45) is 11.8 Å². The van der Waals surface area contributed by atoms with Crippen LogP contribution in [-0.4, -0.2) is 35.6 Å². The number of carbonyl (C=O) groups excluding carboxylic acids is 3. The van der Waals surface area contributed by atoms with Crippen LogP contribution < -0.4 is 9.64 Å². The highest BCUT2D eigenvalue weighted by atomic mass is 79.9. The van der Waals surface area contributed by atoms with Gasteiger partial charge in [0.15, 0.2) is 5.78 Å². The summed E-state index contributed by atoms with van der Waals surface area (Å²) in [4.78, 5) is 45.1. The Kier molecular flexibility index (Phi) is 5.34.